The molecule has 1 rings (SSSR count). The Morgan fingerprint density at radius 1 is 1.29 bits per heavy atom. The first-order valence-corrected chi connectivity index (χ1v) is 3.71. The summed E-state index contributed by atoms with van der Waals surface area (Å²) in [5, 5.41) is -0.693. The lowest BCUT2D eigenvalue weighted by Gasteiger charge is -2.09. The average Bonchev–Trinajstić information content (AvgIpc) is 2.02. The molecule has 1 nitrogen and oxygen atoms in total. The van der Waals surface area contributed by atoms with Crippen LogP contribution >= 0.6 is 11.6 Å². The molecule has 0 N–H and O–H groups in total. The Morgan fingerprint density at radius 2 is 1.86 bits per heavy atom. The van der Waals surface area contributed by atoms with Crippen LogP contribution in [-0.2, 0) is 6.18 Å². The van der Waals surface area contributed by atoms with Crippen molar-refractivity contribution in [3.8, 4) is 0 Å². The Labute approximate surface area is 80.5 Å². The summed E-state index contributed by atoms with van der Waals surface area (Å²) in [6, 6.07) is 0.243. The van der Waals surface area contributed by atoms with Crippen molar-refractivity contribution in [2.75, 3.05) is 0 Å². The first-order chi connectivity index (χ1) is 6.32. The summed E-state index contributed by atoms with van der Waals surface area (Å²) in [5.41, 5.74) is -2.24. The summed E-state index contributed by atoms with van der Waals surface area (Å²) in [4.78, 5) is 3.07. The van der Waals surface area contributed by atoms with Gasteiger partial charge in [-0.1, -0.05) is 11.6 Å². The van der Waals surface area contributed by atoms with E-state index in [1.54, 1.807) is 0 Å². The molecule has 0 aliphatic carbocycles. The number of hydrogen-bond donors (Lipinski definition) is 0. The first kappa shape index (κ1) is 11.2. The number of aromatic nitrogens is 1. The lowest BCUT2D eigenvalue weighted by molar-refractivity contribution is -0.137. The van der Waals surface area contributed by atoms with Gasteiger partial charge in [-0.05, 0) is 6.07 Å². The van der Waals surface area contributed by atoms with Crippen molar-refractivity contribution >= 4 is 11.6 Å². The van der Waals surface area contributed by atoms with E-state index in [0.717, 1.165) is 0 Å². The van der Waals surface area contributed by atoms with Gasteiger partial charge in [0.25, 0.3) is 6.43 Å². The fourth-order valence-corrected chi connectivity index (χ4v) is 1.00. The minimum absolute atomic E-state index is 0.243. The summed E-state index contributed by atoms with van der Waals surface area (Å²) in [6.45, 7) is 0. The molecule has 0 unspecified atom stereocenters. The molecular formula is C7H3ClF5N. The van der Waals surface area contributed by atoms with Crippen molar-refractivity contribution < 1.29 is 22.0 Å². The molecule has 1 aromatic rings. The molecule has 0 saturated carbocycles. The van der Waals surface area contributed by atoms with Crippen molar-refractivity contribution in [2.24, 2.45) is 0 Å². The highest BCUT2D eigenvalue weighted by Gasteiger charge is 2.34. The Kier molecular flexibility index (Phi) is 2.94. The van der Waals surface area contributed by atoms with Gasteiger partial charge in [0.05, 0.1) is 10.6 Å². The standard InChI is InChI=1S/C7H3ClF5N/c8-4-2-14-5(6(9)10)1-3(4)7(11,12)13/h1-2,6H. The monoisotopic (exact) mass is 231 g/mol. The zero-order chi connectivity index (χ0) is 10.9. The van der Waals surface area contributed by atoms with Crippen LogP contribution in [0.3, 0.4) is 0 Å². The molecule has 1 heterocycles. The first-order valence-electron chi connectivity index (χ1n) is 3.33. The highest BCUT2D eigenvalue weighted by molar-refractivity contribution is 6.31. The third-order valence-electron chi connectivity index (χ3n) is 1.41. The number of pyridine rings is 1. The Hall–Kier alpha value is -0.910. The average molecular weight is 232 g/mol. The van der Waals surface area contributed by atoms with Crippen molar-refractivity contribution in [3.05, 3.63) is 28.5 Å². The van der Waals surface area contributed by atoms with E-state index in [0.29, 0.717) is 6.20 Å². The van der Waals surface area contributed by atoms with Gasteiger partial charge in [0.15, 0.2) is 0 Å². The highest BCUT2D eigenvalue weighted by Crippen LogP contribution is 2.35. The second-order valence-electron chi connectivity index (χ2n) is 2.39. The summed E-state index contributed by atoms with van der Waals surface area (Å²) < 4.78 is 60.4. The fourth-order valence-electron chi connectivity index (χ4n) is 0.791. The topological polar surface area (TPSA) is 12.9 Å². The third-order valence-corrected chi connectivity index (χ3v) is 1.71. The number of nitrogens with zero attached hydrogens (tertiary/aromatic N) is 1. The predicted octanol–water partition coefficient (Wildman–Crippen LogP) is 3.69. The Balaban J connectivity index is 3.22. The third kappa shape index (κ3) is 2.31. The van der Waals surface area contributed by atoms with Gasteiger partial charge in [0.2, 0.25) is 0 Å². The maximum Gasteiger partial charge on any atom is 0.417 e. The van der Waals surface area contributed by atoms with E-state index in [1.807, 2.05) is 0 Å². The van der Waals surface area contributed by atoms with Crippen molar-refractivity contribution in [3.63, 3.8) is 0 Å². The maximum atomic E-state index is 12.1. The van der Waals surface area contributed by atoms with Crippen molar-refractivity contribution in [2.45, 2.75) is 12.6 Å². The maximum absolute atomic E-state index is 12.1. The van der Waals surface area contributed by atoms with Crippen LogP contribution in [0.5, 0.6) is 0 Å². The summed E-state index contributed by atoms with van der Waals surface area (Å²) in [7, 11) is 0. The quantitative estimate of drug-likeness (QED) is 0.672. The normalized spacial score (nSPS) is 12.2. The zero-order valence-corrected chi connectivity index (χ0v) is 7.20. The number of rotatable bonds is 1. The largest absolute Gasteiger partial charge is 0.417 e. The van der Waals surface area contributed by atoms with E-state index in [9.17, 15) is 22.0 Å². The molecule has 1 aromatic heterocycles. The lowest BCUT2D eigenvalue weighted by Crippen LogP contribution is -2.07. The van der Waals surface area contributed by atoms with E-state index in [2.05, 4.69) is 4.98 Å². The van der Waals surface area contributed by atoms with E-state index < -0.39 is 28.9 Å². The van der Waals surface area contributed by atoms with Crippen LogP contribution in [0.2, 0.25) is 5.02 Å². The minimum Gasteiger partial charge on any atom is -0.254 e. The second kappa shape index (κ2) is 3.68. The molecule has 0 atom stereocenters. The van der Waals surface area contributed by atoms with E-state index >= 15 is 0 Å². The molecule has 14 heavy (non-hydrogen) atoms. The van der Waals surface area contributed by atoms with Crippen LogP contribution in [0.1, 0.15) is 17.7 Å². The summed E-state index contributed by atoms with van der Waals surface area (Å²) in [5.74, 6) is 0. The second-order valence-corrected chi connectivity index (χ2v) is 2.79. The van der Waals surface area contributed by atoms with Crippen LogP contribution in [0, 0.1) is 0 Å². The molecular weight excluding hydrogens is 229 g/mol. The van der Waals surface area contributed by atoms with Gasteiger partial charge in [0.1, 0.15) is 5.69 Å². The molecule has 78 valence electrons. The van der Waals surface area contributed by atoms with Gasteiger partial charge in [0, 0.05) is 6.20 Å². The van der Waals surface area contributed by atoms with Crippen LogP contribution in [-0.4, -0.2) is 4.98 Å². The van der Waals surface area contributed by atoms with Crippen molar-refractivity contribution in [1.82, 2.24) is 4.98 Å². The lowest BCUT2D eigenvalue weighted by atomic mass is 10.2. The van der Waals surface area contributed by atoms with Gasteiger partial charge in [-0.15, -0.1) is 0 Å². The molecule has 0 aromatic carbocycles. The molecule has 7 heteroatoms. The smallest absolute Gasteiger partial charge is 0.254 e. The summed E-state index contributed by atoms with van der Waals surface area (Å²) in [6.07, 6.45) is -7.23. The SMILES string of the molecule is FC(F)c1cc(C(F)(F)F)c(Cl)cn1. The number of alkyl halides is 5. The number of halogens is 6. The summed E-state index contributed by atoms with van der Waals surface area (Å²) >= 11 is 5.16. The highest BCUT2D eigenvalue weighted by atomic mass is 35.5. The molecule has 0 aliphatic rings. The fraction of sp³-hybridized carbons (Fsp3) is 0.286. The van der Waals surface area contributed by atoms with Gasteiger partial charge in [-0.2, -0.15) is 13.2 Å². The molecule has 0 amide bonds. The Morgan fingerprint density at radius 3 is 2.29 bits per heavy atom. The van der Waals surface area contributed by atoms with Crippen LogP contribution in [0.15, 0.2) is 12.3 Å². The number of hydrogen-bond acceptors (Lipinski definition) is 1. The van der Waals surface area contributed by atoms with E-state index in [1.165, 1.54) is 0 Å². The molecule has 0 aliphatic heterocycles. The zero-order valence-electron chi connectivity index (χ0n) is 6.45. The van der Waals surface area contributed by atoms with Gasteiger partial charge >= 0.3 is 6.18 Å². The van der Waals surface area contributed by atoms with E-state index in [-0.39, 0.29) is 6.07 Å². The van der Waals surface area contributed by atoms with Gasteiger partial charge < -0.3 is 0 Å². The minimum atomic E-state index is -4.75. The van der Waals surface area contributed by atoms with Crippen LogP contribution < -0.4 is 0 Å². The van der Waals surface area contributed by atoms with Crippen LogP contribution in [0.4, 0.5) is 22.0 Å². The molecule has 0 bridgehead atoms. The van der Waals surface area contributed by atoms with Gasteiger partial charge in [-0.3, -0.25) is 4.98 Å². The van der Waals surface area contributed by atoms with Crippen LogP contribution in [0.25, 0.3) is 0 Å². The van der Waals surface area contributed by atoms with Crippen molar-refractivity contribution in [1.29, 1.82) is 0 Å². The van der Waals surface area contributed by atoms with Gasteiger partial charge in [-0.25, -0.2) is 8.78 Å². The molecule has 0 spiro atoms. The molecule has 0 radical (unpaired) electrons. The molecule has 0 saturated heterocycles. The predicted molar refractivity (Wildman–Crippen MR) is 39.2 cm³/mol. The van der Waals surface area contributed by atoms with E-state index in [4.69, 9.17) is 11.6 Å². The molecule has 0 fully saturated rings. The Bertz CT molecular complexity index is 335.